The maximum atomic E-state index is 13.2. The summed E-state index contributed by atoms with van der Waals surface area (Å²) in [4.78, 5) is 0. The fraction of sp³-hybridized carbons (Fsp3) is 0.647. The van der Waals surface area contributed by atoms with Crippen molar-refractivity contribution in [1.82, 2.24) is 5.32 Å². The maximum Gasteiger partial charge on any atom is 0.123 e. The number of nitrogens with one attached hydrogen (secondary N) is 1. The van der Waals surface area contributed by atoms with Gasteiger partial charge in [0.1, 0.15) is 5.82 Å². The van der Waals surface area contributed by atoms with Gasteiger partial charge in [0.05, 0.1) is 6.61 Å². The fourth-order valence-corrected chi connectivity index (χ4v) is 2.36. The molecule has 2 nitrogen and oxygen atoms in total. The van der Waals surface area contributed by atoms with E-state index in [4.69, 9.17) is 4.74 Å². The Kier molecular flexibility index (Phi) is 6.48. The fourth-order valence-electron chi connectivity index (χ4n) is 2.36. The smallest absolute Gasteiger partial charge is 0.123 e. The van der Waals surface area contributed by atoms with Crippen molar-refractivity contribution in [3.05, 3.63) is 35.6 Å². The Labute approximate surface area is 121 Å². The van der Waals surface area contributed by atoms with Crippen LogP contribution in [0.4, 0.5) is 4.39 Å². The van der Waals surface area contributed by atoms with Gasteiger partial charge in [0, 0.05) is 13.2 Å². The highest BCUT2D eigenvalue weighted by Gasteiger charge is 2.21. The largest absolute Gasteiger partial charge is 0.381 e. The SMILES string of the molecule is CCCNCC(COCC1CC1)Cc1cccc(F)c1. The first kappa shape index (κ1) is 15.5. The third kappa shape index (κ3) is 6.02. The van der Waals surface area contributed by atoms with E-state index in [1.54, 1.807) is 12.1 Å². The van der Waals surface area contributed by atoms with Crippen molar-refractivity contribution in [2.24, 2.45) is 11.8 Å². The van der Waals surface area contributed by atoms with Crippen LogP contribution in [0.2, 0.25) is 0 Å². The van der Waals surface area contributed by atoms with E-state index in [1.165, 1.54) is 18.9 Å². The number of ether oxygens (including phenoxy) is 1. The molecule has 0 amide bonds. The summed E-state index contributed by atoms with van der Waals surface area (Å²) in [5, 5.41) is 3.45. The lowest BCUT2D eigenvalue weighted by Gasteiger charge is -2.18. The molecule has 1 atom stereocenters. The highest BCUT2D eigenvalue weighted by Crippen LogP contribution is 2.29. The van der Waals surface area contributed by atoms with Crippen LogP contribution in [0, 0.1) is 17.7 Å². The van der Waals surface area contributed by atoms with E-state index >= 15 is 0 Å². The van der Waals surface area contributed by atoms with Gasteiger partial charge in [0.25, 0.3) is 0 Å². The molecular formula is C17H26FNO. The monoisotopic (exact) mass is 279 g/mol. The molecule has 1 saturated carbocycles. The normalized spacial score (nSPS) is 16.3. The number of rotatable bonds is 10. The molecule has 0 heterocycles. The summed E-state index contributed by atoms with van der Waals surface area (Å²) in [6, 6.07) is 6.91. The second kappa shape index (κ2) is 8.38. The van der Waals surface area contributed by atoms with E-state index in [0.717, 1.165) is 50.6 Å². The minimum Gasteiger partial charge on any atom is -0.381 e. The zero-order valence-corrected chi connectivity index (χ0v) is 12.4. The van der Waals surface area contributed by atoms with Crippen LogP contribution in [0.25, 0.3) is 0 Å². The first-order chi connectivity index (χ1) is 9.78. The Balaban J connectivity index is 1.79. The van der Waals surface area contributed by atoms with Crippen LogP contribution in [0.15, 0.2) is 24.3 Å². The first-order valence-electron chi connectivity index (χ1n) is 7.80. The summed E-state index contributed by atoms with van der Waals surface area (Å²) in [5.74, 6) is 1.07. The van der Waals surface area contributed by atoms with Gasteiger partial charge in [-0.2, -0.15) is 0 Å². The molecule has 2 rings (SSSR count). The zero-order chi connectivity index (χ0) is 14.2. The van der Waals surface area contributed by atoms with Gasteiger partial charge in [-0.15, -0.1) is 0 Å². The Bertz CT molecular complexity index is 392. The van der Waals surface area contributed by atoms with Gasteiger partial charge >= 0.3 is 0 Å². The molecule has 0 saturated heterocycles. The average molecular weight is 279 g/mol. The summed E-state index contributed by atoms with van der Waals surface area (Å²) >= 11 is 0. The van der Waals surface area contributed by atoms with Crippen LogP contribution >= 0.6 is 0 Å². The van der Waals surface area contributed by atoms with E-state index < -0.39 is 0 Å². The van der Waals surface area contributed by atoms with Gasteiger partial charge in [0.2, 0.25) is 0 Å². The van der Waals surface area contributed by atoms with Crippen LogP contribution in [0.1, 0.15) is 31.7 Å². The Morgan fingerprint density at radius 3 is 2.95 bits per heavy atom. The van der Waals surface area contributed by atoms with Gasteiger partial charge in [0.15, 0.2) is 0 Å². The topological polar surface area (TPSA) is 21.3 Å². The lowest BCUT2D eigenvalue weighted by atomic mass is 10.00. The van der Waals surface area contributed by atoms with Crippen LogP contribution in [0.5, 0.6) is 0 Å². The van der Waals surface area contributed by atoms with Crippen molar-refractivity contribution in [1.29, 1.82) is 0 Å². The molecule has 0 bridgehead atoms. The molecule has 112 valence electrons. The third-order valence-corrected chi connectivity index (χ3v) is 3.68. The molecule has 1 unspecified atom stereocenters. The highest BCUT2D eigenvalue weighted by atomic mass is 19.1. The van der Waals surface area contributed by atoms with E-state index in [-0.39, 0.29) is 5.82 Å². The molecule has 1 N–H and O–H groups in total. The van der Waals surface area contributed by atoms with Crippen LogP contribution in [-0.4, -0.2) is 26.3 Å². The van der Waals surface area contributed by atoms with E-state index in [2.05, 4.69) is 12.2 Å². The molecule has 1 aliphatic carbocycles. The van der Waals surface area contributed by atoms with Crippen molar-refractivity contribution >= 4 is 0 Å². The van der Waals surface area contributed by atoms with Crippen LogP contribution in [-0.2, 0) is 11.2 Å². The molecule has 1 aromatic carbocycles. The highest BCUT2D eigenvalue weighted by molar-refractivity contribution is 5.16. The lowest BCUT2D eigenvalue weighted by molar-refractivity contribution is 0.0907. The molecule has 0 aliphatic heterocycles. The molecule has 1 fully saturated rings. The maximum absolute atomic E-state index is 13.2. The first-order valence-corrected chi connectivity index (χ1v) is 7.80. The van der Waals surface area contributed by atoms with Gasteiger partial charge in [-0.25, -0.2) is 4.39 Å². The van der Waals surface area contributed by atoms with Crippen LogP contribution in [0.3, 0.4) is 0 Å². The molecule has 1 aliphatic rings. The number of benzene rings is 1. The van der Waals surface area contributed by atoms with Gasteiger partial charge in [-0.05, 0) is 61.8 Å². The van der Waals surface area contributed by atoms with Crippen molar-refractivity contribution in [3.8, 4) is 0 Å². The van der Waals surface area contributed by atoms with Gasteiger partial charge in [-0.1, -0.05) is 19.1 Å². The second-order valence-corrected chi connectivity index (χ2v) is 5.89. The summed E-state index contributed by atoms with van der Waals surface area (Å²) in [5.41, 5.74) is 1.06. The molecular weight excluding hydrogens is 253 g/mol. The average Bonchev–Trinajstić information content (AvgIpc) is 3.23. The third-order valence-electron chi connectivity index (χ3n) is 3.68. The molecule has 1 aromatic rings. The Hall–Kier alpha value is -0.930. The van der Waals surface area contributed by atoms with Crippen LogP contribution < -0.4 is 5.32 Å². The van der Waals surface area contributed by atoms with Crippen molar-refractivity contribution in [2.75, 3.05) is 26.3 Å². The summed E-state index contributed by atoms with van der Waals surface area (Å²) < 4.78 is 19.1. The van der Waals surface area contributed by atoms with Crippen molar-refractivity contribution in [2.45, 2.75) is 32.6 Å². The van der Waals surface area contributed by atoms with Gasteiger partial charge < -0.3 is 10.1 Å². The Morgan fingerprint density at radius 2 is 2.25 bits per heavy atom. The predicted molar refractivity (Wildman–Crippen MR) is 80.3 cm³/mol. The van der Waals surface area contributed by atoms with E-state index in [9.17, 15) is 4.39 Å². The van der Waals surface area contributed by atoms with Crippen molar-refractivity contribution < 1.29 is 9.13 Å². The standard InChI is InChI=1S/C17H26FNO/c1-2-8-19-11-16(13-20-12-14-6-7-14)9-15-4-3-5-17(18)10-15/h3-5,10,14,16,19H,2,6-9,11-13H2,1H3. The summed E-state index contributed by atoms with van der Waals surface area (Å²) in [6.07, 6.45) is 4.65. The molecule has 0 aromatic heterocycles. The Morgan fingerprint density at radius 1 is 1.40 bits per heavy atom. The lowest BCUT2D eigenvalue weighted by Crippen LogP contribution is -2.28. The number of halogens is 1. The number of hydrogen-bond acceptors (Lipinski definition) is 2. The quantitative estimate of drug-likeness (QED) is 0.663. The van der Waals surface area contributed by atoms with E-state index in [0.29, 0.717) is 5.92 Å². The minimum atomic E-state index is -0.151. The molecule has 0 radical (unpaired) electrons. The van der Waals surface area contributed by atoms with E-state index in [1.807, 2.05) is 6.07 Å². The second-order valence-electron chi connectivity index (χ2n) is 5.89. The van der Waals surface area contributed by atoms with Gasteiger partial charge in [-0.3, -0.25) is 0 Å². The summed E-state index contributed by atoms with van der Waals surface area (Å²) in [6.45, 7) is 5.80. The predicted octanol–water partition coefficient (Wildman–Crippen LogP) is 3.41. The number of hydrogen-bond donors (Lipinski definition) is 1. The molecule has 3 heteroatoms. The molecule has 20 heavy (non-hydrogen) atoms. The zero-order valence-electron chi connectivity index (χ0n) is 12.4. The minimum absolute atomic E-state index is 0.151. The summed E-state index contributed by atoms with van der Waals surface area (Å²) in [7, 11) is 0. The van der Waals surface area contributed by atoms with Crippen molar-refractivity contribution in [3.63, 3.8) is 0 Å². The molecule has 0 spiro atoms.